The number of carbonyl (C=O) groups excluding carboxylic acids is 1. The zero-order chi connectivity index (χ0) is 13.7. The van der Waals surface area contributed by atoms with E-state index in [2.05, 4.69) is 16.8 Å². The first-order valence-electron chi connectivity index (χ1n) is 5.90. The molecule has 0 radical (unpaired) electrons. The molecule has 0 bridgehead atoms. The molecule has 20 heavy (non-hydrogen) atoms. The second-order valence-electron chi connectivity index (χ2n) is 4.28. The van der Waals surface area contributed by atoms with Gasteiger partial charge < -0.3 is 4.90 Å². The highest BCUT2D eigenvalue weighted by atomic mass is 35.5. The monoisotopic (exact) mass is 286 g/mol. The zero-order valence-corrected chi connectivity index (χ0v) is 12.1. The van der Waals surface area contributed by atoms with E-state index in [0.29, 0.717) is 5.56 Å². The standard InChI is InChI=1S/C16H14N2O.ClH/c1-18(2)16(19)15-10-14(11-17-12-15)9-8-13-6-4-3-5-7-13;/h3-7,10-12H,1-2H3;1H. The number of amides is 1. The number of benzene rings is 1. The van der Waals surface area contributed by atoms with Crippen LogP contribution in [0.15, 0.2) is 48.8 Å². The van der Waals surface area contributed by atoms with E-state index in [0.717, 1.165) is 11.1 Å². The number of hydrogen-bond acceptors (Lipinski definition) is 2. The van der Waals surface area contributed by atoms with Crippen LogP contribution in [0.25, 0.3) is 0 Å². The molecule has 1 amide bonds. The Hall–Kier alpha value is -2.31. The molecule has 1 heterocycles. The minimum Gasteiger partial charge on any atom is -0.345 e. The summed E-state index contributed by atoms with van der Waals surface area (Å²) in [7, 11) is 3.43. The van der Waals surface area contributed by atoms with Crippen molar-refractivity contribution in [2.75, 3.05) is 14.1 Å². The topological polar surface area (TPSA) is 33.2 Å². The lowest BCUT2D eigenvalue weighted by Crippen LogP contribution is -2.21. The maximum absolute atomic E-state index is 11.8. The van der Waals surface area contributed by atoms with E-state index in [1.54, 1.807) is 32.6 Å². The molecule has 0 fully saturated rings. The zero-order valence-electron chi connectivity index (χ0n) is 11.3. The summed E-state index contributed by atoms with van der Waals surface area (Å²) in [4.78, 5) is 17.4. The van der Waals surface area contributed by atoms with Crippen molar-refractivity contribution in [2.24, 2.45) is 0 Å². The van der Waals surface area contributed by atoms with Gasteiger partial charge >= 0.3 is 0 Å². The average Bonchev–Trinajstić information content (AvgIpc) is 2.45. The van der Waals surface area contributed by atoms with Crippen LogP contribution in [-0.2, 0) is 0 Å². The molecule has 1 aromatic heterocycles. The maximum atomic E-state index is 11.8. The number of nitrogens with zero attached hydrogens (tertiary/aromatic N) is 2. The van der Waals surface area contributed by atoms with Crippen molar-refractivity contribution >= 4 is 18.3 Å². The fourth-order valence-corrected chi connectivity index (χ4v) is 1.55. The van der Waals surface area contributed by atoms with Crippen LogP contribution in [0.5, 0.6) is 0 Å². The molecule has 0 saturated heterocycles. The van der Waals surface area contributed by atoms with Crippen LogP contribution in [0.2, 0.25) is 0 Å². The second-order valence-corrected chi connectivity index (χ2v) is 4.28. The van der Waals surface area contributed by atoms with Crippen molar-refractivity contribution in [3.63, 3.8) is 0 Å². The molecule has 0 aliphatic carbocycles. The first-order valence-corrected chi connectivity index (χ1v) is 5.90. The minimum absolute atomic E-state index is 0. The Morgan fingerprint density at radius 2 is 1.70 bits per heavy atom. The number of pyridine rings is 1. The van der Waals surface area contributed by atoms with Gasteiger partial charge in [0.1, 0.15) is 0 Å². The van der Waals surface area contributed by atoms with Crippen LogP contribution < -0.4 is 0 Å². The number of carbonyl (C=O) groups is 1. The Balaban J connectivity index is 0.00000200. The van der Waals surface area contributed by atoms with Crippen molar-refractivity contribution in [1.29, 1.82) is 0 Å². The predicted octanol–water partition coefficient (Wildman–Crippen LogP) is 2.61. The van der Waals surface area contributed by atoms with Crippen LogP contribution in [0.3, 0.4) is 0 Å². The SMILES string of the molecule is CN(C)C(=O)c1cncc(C#Cc2ccccc2)c1.Cl. The molecule has 4 heteroatoms. The average molecular weight is 287 g/mol. The van der Waals surface area contributed by atoms with Gasteiger partial charge in [-0.15, -0.1) is 12.4 Å². The molecule has 0 N–H and O–H groups in total. The number of halogens is 1. The summed E-state index contributed by atoms with van der Waals surface area (Å²) >= 11 is 0. The van der Waals surface area contributed by atoms with E-state index in [4.69, 9.17) is 0 Å². The normalized spacial score (nSPS) is 8.90. The smallest absolute Gasteiger partial charge is 0.254 e. The molecule has 102 valence electrons. The van der Waals surface area contributed by atoms with Crippen molar-refractivity contribution in [3.8, 4) is 11.8 Å². The lowest BCUT2D eigenvalue weighted by atomic mass is 10.1. The summed E-state index contributed by atoms with van der Waals surface area (Å²) in [5.74, 6) is 5.98. The van der Waals surface area contributed by atoms with Gasteiger partial charge in [0.2, 0.25) is 0 Å². The van der Waals surface area contributed by atoms with Crippen molar-refractivity contribution < 1.29 is 4.79 Å². The summed E-state index contributed by atoms with van der Waals surface area (Å²) in [5.41, 5.74) is 2.22. The molecule has 2 rings (SSSR count). The molecule has 3 nitrogen and oxygen atoms in total. The highest BCUT2D eigenvalue weighted by Gasteiger charge is 2.07. The largest absolute Gasteiger partial charge is 0.345 e. The summed E-state index contributed by atoms with van der Waals surface area (Å²) < 4.78 is 0. The summed E-state index contributed by atoms with van der Waals surface area (Å²) in [5, 5.41) is 0. The molecule has 1 aromatic carbocycles. The Labute approximate surface area is 125 Å². The van der Waals surface area contributed by atoms with Gasteiger partial charge in [0.25, 0.3) is 5.91 Å². The lowest BCUT2D eigenvalue weighted by molar-refractivity contribution is 0.0827. The van der Waals surface area contributed by atoms with Gasteiger partial charge in [-0.05, 0) is 18.2 Å². The van der Waals surface area contributed by atoms with E-state index in [9.17, 15) is 4.79 Å². The Kier molecular flexibility index (Phi) is 5.76. The minimum atomic E-state index is -0.0733. The van der Waals surface area contributed by atoms with Crippen LogP contribution in [0.1, 0.15) is 21.5 Å². The molecule has 0 aliphatic rings. The van der Waals surface area contributed by atoms with Crippen LogP contribution >= 0.6 is 12.4 Å². The van der Waals surface area contributed by atoms with Crippen molar-refractivity contribution in [2.45, 2.75) is 0 Å². The summed E-state index contributed by atoms with van der Waals surface area (Å²) in [6, 6.07) is 11.5. The van der Waals surface area contributed by atoms with E-state index in [1.165, 1.54) is 4.90 Å². The third kappa shape index (κ3) is 4.11. The highest BCUT2D eigenvalue weighted by Crippen LogP contribution is 2.04. The van der Waals surface area contributed by atoms with E-state index in [1.807, 2.05) is 30.3 Å². The fraction of sp³-hybridized carbons (Fsp3) is 0.125. The number of aromatic nitrogens is 1. The molecule has 0 saturated carbocycles. The van der Waals surface area contributed by atoms with E-state index < -0.39 is 0 Å². The van der Waals surface area contributed by atoms with E-state index >= 15 is 0 Å². The Bertz CT molecular complexity index is 642. The first-order chi connectivity index (χ1) is 9.16. The highest BCUT2D eigenvalue weighted by molar-refractivity contribution is 5.93. The maximum Gasteiger partial charge on any atom is 0.254 e. The van der Waals surface area contributed by atoms with Gasteiger partial charge in [0, 0.05) is 37.6 Å². The molecule has 0 unspecified atom stereocenters. The molecule has 2 aromatic rings. The Morgan fingerprint density at radius 1 is 1.05 bits per heavy atom. The first kappa shape index (κ1) is 15.7. The molecular formula is C16H15ClN2O. The van der Waals surface area contributed by atoms with Gasteiger partial charge in [-0.2, -0.15) is 0 Å². The predicted molar refractivity (Wildman–Crippen MR) is 81.9 cm³/mol. The molecule has 0 atom stereocenters. The third-order valence-corrected chi connectivity index (χ3v) is 2.52. The summed E-state index contributed by atoms with van der Waals surface area (Å²) in [6.07, 6.45) is 3.21. The van der Waals surface area contributed by atoms with Crippen molar-refractivity contribution in [3.05, 3.63) is 65.5 Å². The molecule has 0 aliphatic heterocycles. The third-order valence-electron chi connectivity index (χ3n) is 2.52. The van der Waals surface area contributed by atoms with Crippen LogP contribution in [-0.4, -0.2) is 29.9 Å². The van der Waals surface area contributed by atoms with Crippen LogP contribution in [0.4, 0.5) is 0 Å². The van der Waals surface area contributed by atoms with E-state index in [-0.39, 0.29) is 18.3 Å². The quantitative estimate of drug-likeness (QED) is 0.755. The second kappa shape index (κ2) is 7.32. The Morgan fingerprint density at radius 3 is 2.35 bits per heavy atom. The number of rotatable bonds is 1. The van der Waals surface area contributed by atoms with Gasteiger partial charge in [-0.1, -0.05) is 30.0 Å². The molecule has 0 spiro atoms. The van der Waals surface area contributed by atoms with Gasteiger partial charge in [-0.3, -0.25) is 9.78 Å². The lowest BCUT2D eigenvalue weighted by Gasteiger charge is -2.09. The number of hydrogen-bond donors (Lipinski definition) is 0. The fourth-order valence-electron chi connectivity index (χ4n) is 1.55. The van der Waals surface area contributed by atoms with Crippen molar-refractivity contribution in [1.82, 2.24) is 9.88 Å². The molecular weight excluding hydrogens is 272 g/mol. The van der Waals surface area contributed by atoms with Gasteiger partial charge in [0.15, 0.2) is 0 Å². The summed E-state index contributed by atoms with van der Waals surface area (Å²) in [6.45, 7) is 0. The van der Waals surface area contributed by atoms with Gasteiger partial charge in [-0.25, -0.2) is 0 Å². The van der Waals surface area contributed by atoms with Gasteiger partial charge in [0.05, 0.1) is 5.56 Å². The van der Waals surface area contributed by atoms with Crippen LogP contribution in [0, 0.1) is 11.8 Å².